The predicted octanol–water partition coefficient (Wildman–Crippen LogP) is 15.8. The highest BCUT2D eigenvalue weighted by Crippen LogP contribution is 2.47. The first-order valence-electron chi connectivity index (χ1n) is 36.0. The Labute approximate surface area is 549 Å². The van der Waals surface area contributed by atoms with Crippen molar-refractivity contribution in [3.05, 3.63) is 96.1 Å². The summed E-state index contributed by atoms with van der Waals surface area (Å²) in [7, 11) is -5.45. The monoisotopic (exact) mass is 1310 g/mol. The van der Waals surface area contributed by atoms with Gasteiger partial charge in [0.2, 0.25) is 0 Å². The third-order valence-corrected chi connectivity index (χ3v) is 35.9. The summed E-state index contributed by atoms with van der Waals surface area (Å²) in [5.41, 5.74) is 1.80. The average molecular weight is 1310 g/mol. The molecular formula is C74H128O13Si3. The number of ether oxygens (including phenoxy) is 4. The van der Waals surface area contributed by atoms with Crippen LogP contribution in [-0.2, 0) is 49.9 Å². The van der Waals surface area contributed by atoms with Gasteiger partial charge in [0.15, 0.2) is 25.0 Å². The van der Waals surface area contributed by atoms with E-state index in [1.807, 2.05) is 30.4 Å². The van der Waals surface area contributed by atoms with Crippen molar-refractivity contribution in [2.75, 3.05) is 39.6 Å². The number of aryl methyl sites for hydroxylation is 2. The van der Waals surface area contributed by atoms with Crippen molar-refractivity contribution in [3.8, 4) is 0 Å². The molecule has 7 rings (SSSR count). The van der Waals surface area contributed by atoms with Crippen LogP contribution >= 0.6 is 0 Å². The maximum Gasteiger partial charge on any atom is 0.305 e. The number of hydrogen-bond donors (Lipinski definition) is 5. The molecule has 3 aliphatic heterocycles. The van der Waals surface area contributed by atoms with Crippen molar-refractivity contribution in [1.29, 1.82) is 0 Å². The maximum absolute atomic E-state index is 11.8. The molecule has 2 aliphatic carbocycles. The van der Waals surface area contributed by atoms with Crippen LogP contribution in [0.5, 0.6) is 0 Å². The fourth-order valence-electron chi connectivity index (χ4n) is 14.5. The summed E-state index contributed by atoms with van der Waals surface area (Å²) in [6, 6.07) is 31.9. The van der Waals surface area contributed by atoms with Crippen LogP contribution in [0.4, 0.5) is 0 Å². The lowest BCUT2D eigenvalue weighted by Crippen LogP contribution is -2.58. The van der Waals surface area contributed by atoms with Crippen molar-refractivity contribution >= 4 is 30.9 Å². The van der Waals surface area contributed by atoms with Gasteiger partial charge < -0.3 is 57.8 Å². The molecule has 2 saturated carbocycles. The number of carbonyl (C=O) groups is 1. The lowest BCUT2D eigenvalue weighted by Gasteiger charge is -2.50. The second-order valence-corrected chi connectivity index (χ2v) is 42.4. The average Bonchev–Trinajstić information content (AvgIpc) is 1.16. The molecule has 0 aromatic heterocycles. The molecule has 0 spiro atoms. The largest absolute Gasteiger partial charge is 0.465 e. The molecule has 10 atom stereocenters. The Morgan fingerprint density at radius 2 is 1.07 bits per heavy atom. The topological polar surface area (TPSA) is 183 Å². The van der Waals surface area contributed by atoms with E-state index in [9.17, 15) is 30.3 Å². The zero-order valence-corrected chi connectivity index (χ0v) is 61.2. The van der Waals surface area contributed by atoms with Gasteiger partial charge in [0.25, 0.3) is 5.97 Å². The van der Waals surface area contributed by atoms with Crippen LogP contribution in [-0.4, -0.2) is 139 Å². The summed E-state index contributed by atoms with van der Waals surface area (Å²) in [6.45, 7) is 26.9. The Balaban J connectivity index is 0.000000362. The van der Waals surface area contributed by atoms with E-state index in [1.54, 1.807) is 6.92 Å². The van der Waals surface area contributed by atoms with Crippen molar-refractivity contribution in [2.45, 2.75) is 289 Å². The van der Waals surface area contributed by atoms with Gasteiger partial charge in [-0.15, -0.1) is 0 Å². The molecule has 2 aromatic carbocycles. The van der Waals surface area contributed by atoms with Crippen molar-refractivity contribution in [1.82, 2.24) is 0 Å². The van der Waals surface area contributed by atoms with Gasteiger partial charge in [0, 0.05) is 29.8 Å². The second-order valence-electron chi connectivity index (χ2n) is 28.2. The number of hydrogen-bond acceptors (Lipinski definition) is 13. The summed E-state index contributed by atoms with van der Waals surface area (Å²) < 4.78 is 45.9. The van der Waals surface area contributed by atoms with Crippen molar-refractivity contribution in [2.24, 2.45) is 34.5 Å². The minimum atomic E-state index is -1.84. The number of allylic oxidation sites excluding steroid dienone is 4. The lowest BCUT2D eigenvalue weighted by atomic mass is 9.85. The molecule has 3 saturated heterocycles. The number of esters is 1. The summed E-state index contributed by atoms with van der Waals surface area (Å²) in [6.07, 6.45) is 22.8. The molecular weight excluding hydrogens is 1180 g/mol. The van der Waals surface area contributed by atoms with E-state index in [4.69, 9.17) is 32.2 Å². The minimum Gasteiger partial charge on any atom is -0.465 e. The quantitative estimate of drug-likeness (QED) is 0.0183. The number of fused-ring (bicyclic) bond motifs is 3. The third kappa shape index (κ3) is 24.1. The Hall–Kier alpha value is -2.40. The fourth-order valence-corrected chi connectivity index (χ4v) is 23.2. The zero-order valence-electron chi connectivity index (χ0n) is 58.2. The van der Waals surface area contributed by atoms with Crippen LogP contribution in [0.25, 0.3) is 0 Å². The number of unbranched alkanes of at least 4 members (excludes halogenated alkanes) is 2. The van der Waals surface area contributed by atoms with E-state index >= 15 is 0 Å². The smallest absolute Gasteiger partial charge is 0.305 e. The second kappa shape index (κ2) is 39.6. The molecule has 3 heterocycles. The number of rotatable bonds is 43. The van der Waals surface area contributed by atoms with Crippen LogP contribution in [0.1, 0.15) is 190 Å². The Bertz CT molecular complexity index is 2260. The highest BCUT2D eigenvalue weighted by atomic mass is 28.4. The normalized spacial score (nSPS) is 26.3. The Kier molecular flexibility index (Phi) is 34.4. The van der Waals surface area contributed by atoms with Crippen LogP contribution < -0.4 is 0 Å². The van der Waals surface area contributed by atoms with Gasteiger partial charge in [-0.1, -0.05) is 161 Å². The summed E-state index contributed by atoms with van der Waals surface area (Å²) in [5.74, 6) is -0.336. The molecule has 2 bridgehead atoms. The van der Waals surface area contributed by atoms with Gasteiger partial charge in [-0.3, -0.25) is 4.79 Å². The summed E-state index contributed by atoms with van der Waals surface area (Å²) >= 11 is 0. The van der Waals surface area contributed by atoms with Gasteiger partial charge in [-0.25, -0.2) is 0 Å². The van der Waals surface area contributed by atoms with Crippen molar-refractivity contribution in [3.63, 3.8) is 0 Å². The molecule has 0 amide bonds. The van der Waals surface area contributed by atoms with Gasteiger partial charge in [0.1, 0.15) is 6.61 Å². The predicted molar refractivity (Wildman–Crippen MR) is 373 cm³/mol. The Morgan fingerprint density at radius 3 is 1.58 bits per heavy atom. The standard InChI is InChI=1S/C46H84O6Si3.C28H44O7/c1-11-53(12-2,13-3)50-40(31-30-39-27-23-22-24-28-39)32-33-42-41(29-25-20-21-26-34-46-47-36-45(10,37-48-46)38-49-46)43(51-54(14-4,15-5)16-6)35-44(42)52-55(17-7,18-8)19-9;1-28(18-29,19-30)20-35-27(34)12-8-3-2-7-11-23-24(26(33)17-25(23)32)16-15-22(31)14-13-21-9-5-4-6-10-21/h20,22-25,27-28,40-44H,11-19,21,26,29-38H2,1-10H3;2,4-7,9-10,22-26,29-33H,3,8,11-20H2,1H3/b25-20-;7-2-/t40-,41+,42+,43-,44+,45?,46?;22-,23+,24+,25-,26+/m00/s1. The molecule has 5 aliphatic rings. The fraction of sp³-hybridized carbons (Fsp3) is 0.770. The highest BCUT2D eigenvalue weighted by Gasteiger charge is 2.51. The first-order valence-corrected chi connectivity index (χ1v) is 43.6. The van der Waals surface area contributed by atoms with Gasteiger partial charge in [-0.2, -0.15) is 0 Å². The maximum atomic E-state index is 11.8. The van der Waals surface area contributed by atoms with E-state index < -0.39 is 54.7 Å². The Morgan fingerprint density at radius 1 is 0.600 bits per heavy atom. The molecule has 2 aromatic rings. The molecule has 5 N–H and O–H groups in total. The number of carbonyl (C=O) groups excluding carboxylic acids is 1. The van der Waals surface area contributed by atoms with Crippen molar-refractivity contribution < 1.29 is 62.6 Å². The molecule has 0 radical (unpaired) electrons. The molecule has 0 unspecified atom stereocenters. The first kappa shape index (κ1) is 78.3. The van der Waals surface area contributed by atoms with Crippen LogP contribution in [0.15, 0.2) is 85.0 Å². The molecule has 90 heavy (non-hydrogen) atoms. The summed E-state index contributed by atoms with van der Waals surface area (Å²) in [5, 5.41) is 49.8. The number of benzene rings is 2. The number of aliphatic hydroxyl groups excluding tert-OH is 5. The van der Waals surface area contributed by atoms with Gasteiger partial charge in [0.05, 0.1) is 63.6 Å². The molecule has 13 nitrogen and oxygen atoms in total. The van der Waals surface area contributed by atoms with E-state index in [0.29, 0.717) is 56.8 Å². The van der Waals surface area contributed by atoms with E-state index in [0.717, 1.165) is 84.0 Å². The lowest BCUT2D eigenvalue weighted by molar-refractivity contribution is -0.467. The van der Waals surface area contributed by atoms with E-state index in [-0.39, 0.29) is 67.8 Å². The number of aliphatic hydroxyl groups is 5. The van der Waals surface area contributed by atoms with Gasteiger partial charge >= 0.3 is 5.97 Å². The minimum absolute atomic E-state index is 0.00206. The third-order valence-electron chi connectivity index (χ3n) is 21.9. The van der Waals surface area contributed by atoms with Crippen LogP contribution in [0, 0.1) is 34.5 Å². The molecule has 5 fully saturated rings. The molecule has 514 valence electrons. The van der Waals surface area contributed by atoms with Gasteiger partial charge in [-0.05, 0) is 192 Å². The van der Waals surface area contributed by atoms with Crippen LogP contribution in [0.2, 0.25) is 54.4 Å². The van der Waals surface area contributed by atoms with Crippen LogP contribution in [0.3, 0.4) is 0 Å². The molecule has 16 heteroatoms. The first-order chi connectivity index (χ1) is 43.3. The van der Waals surface area contributed by atoms with E-state index in [2.05, 4.69) is 124 Å². The highest BCUT2D eigenvalue weighted by molar-refractivity contribution is 6.74. The zero-order chi connectivity index (χ0) is 65.7. The summed E-state index contributed by atoms with van der Waals surface area (Å²) in [4.78, 5) is 11.8. The van der Waals surface area contributed by atoms with E-state index in [1.165, 1.54) is 65.5 Å². The SMILES string of the molecule is CC(CO)(CO)COC(=O)CCC/C=C\C[C@@H]1[C@@H](CC[C@@H](O)CCc2ccccc2)[C@H](O)C[C@@H]1O.CC[Si](CC)(CC)O[C@@H](CCc1ccccc1)CC[C@@H]1[C@@H](C/C=C\CCCC23OCC(C)(CO2)CO3)[C@@H](O[Si](CC)(CC)CC)C[C@H]1O[Si](CC)(CC)CC.